The predicted octanol–water partition coefficient (Wildman–Crippen LogP) is 3.85. The van der Waals surface area contributed by atoms with Crippen LogP contribution >= 0.6 is 11.6 Å². The average Bonchev–Trinajstić information content (AvgIpc) is 2.31. The van der Waals surface area contributed by atoms with Crippen LogP contribution in [0.3, 0.4) is 0 Å². The van der Waals surface area contributed by atoms with Crippen LogP contribution in [0, 0.1) is 0 Å². The molecule has 0 bridgehead atoms. The summed E-state index contributed by atoms with van der Waals surface area (Å²) in [5, 5.41) is 12.2. The molecule has 0 N–H and O–H groups in total. The normalized spacial score (nSPS) is 12.1. The lowest BCUT2D eigenvalue weighted by molar-refractivity contribution is -0.0740. The molecular formula is C13H10ClO2. The van der Waals surface area contributed by atoms with E-state index in [1.165, 1.54) is 0 Å². The zero-order valence-electron chi connectivity index (χ0n) is 8.47. The maximum atomic E-state index is 11.8. The average molecular weight is 234 g/mol. The molecule has 2 rings (SSSR count). The first-order valence-corrected chi connectivity index (χ1v) is 5.27. The number of rotatable bonds is 3. The van der Waals surface area contributed by atoms with Gasteiger partial charge in [0, 0.05) is 5.56 Å². The topological polar surface area (TPSA) is 29.1 Å². The number of halogens is 1. The van der Waals surface area contributed by atoms with Gasteiger partial charge in [-0.15, -0.1) is 0 Å². The molecule has 2 aromatic rings. The van der Waals surface area contributed by atoms with Crippen LogP contribution in [0.15, 0.2) is 54.6 Å². The lowest BCUT2D eigenvalue weighted by Gasteiger charge is -2.12. The molecule has 0 saturated heterocycles. The Bertz CT molecular complexity index is 456. The largest absolute Gasteiger partial charge is 0.458 e. The lowest BCUT2D eigenvalue weighted by Crippen LogP contribution is -2.05. The third-order valence-corrected chi connectivity index (χ3v) is 2.49. The number of ether oxygens (including phenoxy) is 1. The second-order valence-electron chi connectivity index (χ2n) is 3.28. The van der Waals surface area contributed by atoms with Crippen LogP contribution in [0.5, 0.6) is 5.75 Å². The molecule has 1 unspecified atom stereocenters. The van der Waals surface area contributed by atoms with Crippen LogP contribution in [0.2, 0.25) is 5.02 Å². The Kier molecular flexibility index (Phi) is 3.44. The van der Waals surface area contributed by atoms with E-state index in [0.717, 1.165) is 0 Å². The van der Waals surface area contributed by atoms with Gasteiger partial charge in [0.1, 0.15) is 5.75 Å². The fourth-order valence-corrected chi connectivity index (χ4v) is 1.58. The molecule has 16 heavy (non-hydrogen) atoms. The fraction of sp³-hybridized carbons (Fsp3) is 0.0769. The summed E-state index contributed by atoms with van der Waals surface area (Å²) in [6, 6.07) is 15.9. The van der Waals surface area contributed by atoms with E-state index in [-0.39, 0.29) is 0 Å². The van der Waals surface area contributed by atoms with Crippen LogP contribution in [0.1, 0.15) is 11.9 Å². The van der Waals surface area contributed by atoms with Crippen LogP contribution < -0.4 is 4.74 Å². The van der Waals surface area contributed by atoms with E-state index >= 15 is 0 Å². The molecule has 1 radical (unpaired) electrons. The molecule has 2 aromatic carbocycles. The van der Waals surface area contributed by atoms with Crippen molar-refractivity contribution < 1.29 is 9.84 Å². The Hall–Kier alpha value is -1.51. The summed E-state index contributed by atoms with van der Waals surface area (Å²) < 4.78 is 5.24. The summed E-state index contributed by atoms with van der Waals surface area (Å²) in [5.74, 6) is 0.544. The van der Waals surface area contributed by atoms with Crippen molar-refractivity contribution >= 4 is 11.6 Å². The molecule has 0 heterocycles. The molecule has 1 atom stereocenters. The number of benzene rings is 2. The number of para-hydroxylation sites is 1. The molecule has 0 fully saturated rings. The van der Waals surface area contributed by atoms with Crippen molar-refractivity contribution in [3.8, 4) is 5.75 Å². The zero-order chi connectivity index (χ0) is 11.4. The second-order valence-corrected chi connectivity index (χ2v) is 3.69. The third-order valence-electron chi connectivity index (χ3n) is 2.15. The van der Waals surface area contributed by atoms with E-state index in [0.29, 0.717) is 16.3 Å². The zero-order valence-corrected chi connectivity index (χ0v) is 9.22. The molecule has 2 nitrogen and oxygen atoms in total. The van der Waals surface area contributed by atoms with Gasteiger partial charge in [0.05, 0.1) is 5.02 Å². The molecule has 0 aromatic heterocycles. The van der Waals surface area contributed by atoms with E-state index in [4.69, 9.17) is 16.3 Å². The van der Waals surface area contributed by atoms with Gasteiger partial charge < -0.3 is 4.74 Å². The molecule has 81 valence electrons. The van der Waals surface area contributed by atoms with Crippen molar-refractivity contribution in [2.75, 3.05) is 0 Å². The van der Waals surface area contributed by atoms with Gasteiger partial charge in [-0.2, -0.15) is 5.11 Å². The summed E-state index contributed by atoms with van der Waals surface area (Å²) in [7, 11) is 0. The Morgan fingerprint density at radius 2 is 1.56 bits per heavy atom. The van der Waals surface area contributed by atoms with Crippen molar-refractivity contribution in [2.24, 2.45) is 0 Å². The second kappa shape index (κ2) is 5.01. The highest BCUT2D eigenvalue weighted by atomic mass is 35.5. The Morgan fingerprint density at radius 1 is 0.938 bits per heavy atom. The minimum Gasteiger partial charge on any atom is -0.458 e. The van der Waals surface area contributed by atoms with Crippen LogP contribution in [0.25, 0.3) is 0 Å². The lowest BCUT2D eigenvalue weighted by atomic mass is 10.2. The SMILES string of the molecule is [O]C(Oc1ccccc1)c1ccccc1Cl. The summed E-state index contributed by atoms with van der Waals surface area (Å²) >= 11 is 5.91. The smallest absolute Gasteiger partial charge is 0.258 e. The van der Waals surface area contributed by atoms with E-state index in [1.807, 2.05) is 18.2 Å². The maximum absolute atomic E-state index is 11.8. The van der Waals surface area contributed by atoms with Gasteiger partial charge in [-0.1, -0.05) is 48.0 Å². The maximum Gasteiger partial charge on any atom is 0.258 e. The minimum atomic E-state index is -1.30. The van der Waals surface area contributed by atoms with E-state index in [9.17, 15) is 5.11 Å². The summed E-state index contributed by atoms with van der Waals surface area (Å²) in [6.07, 6.45) is -1.30. The Labute approximate surface area is 99.1 Å². The highest BCUT2D eigenvalue weighted by Crippen LogP contribution is 2.25. The minimum absolute atomic E-state index is 0.429. The van der Waals surface area contributed by atoms with E-state index in [2.05, 4.69) is 0 Å². The molecule has 0 saturated carbocycles. The van der Waals surface area contributed by atoms with E-state index in [1.54, 1.807) is 36.4 Å². The molecule has 0 aliphatic rings. The summed E-state index contributed by atoms with van der Waals surface area (Å²) in [5.41, 5.74) is 0.452. The monoisotopic (exact) mass is 233 g/mol. The molecule has 0 aliphatic carbocycles. The Morgan fingerprint density at radius 3 is 2.25 bits per heavy atom. The van der Waals surface area contributed by atoms with Crippen molar-refractivity contribution in [3.05, 3.63) is 65.2 Å². The van der Waals surface area contributed by atoms with Crippen LogP contribution in [0.4, 0.5) is 0 Å². The quantitative estimate of drug-likeness (QED) is 0.741. The van der Waals surface area contributed by atoms with Crippen LogP contribution in [-0.4, -0.2) is 0 Å². The highest BCUT2D eigenvalue weighted by molar-refractivity contribution is 6.31. The summed E-state index contributed by atoms with van der Waals surface area (Å²) in [6.45, 7) is 0. The van der Waals surface area contributed by atoms with Gasteiger partial charge in [-0.05, 0) is 18.2 Å². The van der Waals surface area contributed by atoms with Crippen molar-refractivity contribution in [3.63, 3.8) is 0 Å². The van der Waals surface area contributed by atoms with E-state index < -0.39 is 6.29 Å². The predicted molar refractivity (Wildman–Crippen MR) is 61.9 cm³/mol. The number of hydrogen-bond donors (Lipinski definition) is 0. The first-order chi connectivity index (χ1) is 7.77. The molecule has 0 amide bonds. The van der Waals surface area contributed by atoms with Crippen molar-refractivity contribution in [2.45, 2.75) is 6.29 Å². The highest BCUT2D eigenvalue weighted by Gasteiger charge is 2.13. The standard InChI is InChI=1S/C13H10ClO2/c14-12-9-5-4-8-11(12)13(15)16-10-6-2-1-3-7-10/h1-9,13H. The van der Waals surface area contributed by atoms with Gasteiger partial charge >= 0.3 is 0 Å². The van der Waals surface area contributed by atoms with Gasteiger partial charge in [-0.3, -0.25) is 0 Å². The van der Waals surface area contributed by atoms with Crippen molar-refractivity contribution in [1.29, 1.82) is 0 Å². The fourth-order valence-electron chi connectivity index (χ4n) is 1.35. The third kappa shape index (κ3) is 2.54. The first-order valence-electron chi connectivity index (χ1n) is 4.89. The summed E-state index contributed by atoms with van der Waals surface area (Å²) in [4.78, 5) is 0. The van der Waals surface area contributed by atoms with Gasteiger partial charge in [0.25, 0.3) is 6.29 Å². The molecule has 3 heteroatoms. The van der Waals surface area contributed by atoms with Crippen molar-refractivity contribution in [1.82, 2.24) is 0 Å². The molecular weight excluding hydrogens is 224 g/mol. The molecule has 0 spiro atoms. The van der Waals surface area contributed by atoms with Gasteiger partial charge in [0.2, 0.25) is 0 Å². The van der Waals surface area contributed by atoms with Crippen LogP contribution in [-0.2, 0) is 5.11 Å². The van der Waals surface area contributed by atoms with Gasteiger partial charge in [0.15, 0.2) is 0 Å². The van der Waals surface area contributed by atoms with Gasteiger partial charge in [-0.25, -0.2) is 0 Å². The first kappa shape index (κ1) is 11.0. The molecule has 0 aliphatic heterocycles. The Balaban J connectivity index is 2.15. The number of hydrogen-bond acceptors (Lipinski definition) is 1.